The van der Waals surface area contributed by atoms with Crippen LogP contribution in [0.3, 0.4) is 0 Å². The van der Waals surface area contributed by atoms with Gasteiger partial charge < -0.3 is 10.8 Å². The Hall–Kier alpha value is -1.17. The standard InChI is InChI=1S/C13H22N4O/c1-11(10-18)17-6-4-16(5-7-17)9-12-2-3-13(14)15-8-12/h2-3,8,11,18H,4-7,9-10H2,1H3,(H2,14,15)/t11-/m0/s1. The Balaban J connectivity index is 1.81. The van der Waals surface area contributed by atoms with Crippen LogP contribution in [0.2, 0.25) is 0 Å². The lowest BCUT2D eigenvalue weighted by atomic mass is 10.2. The number of nitrogens with two attached hydrogens (primary N) is 1. The summed E-state index contributed by atoms with van der Waals surface area (Å²) < 4.78 is 0. The Morgan fingerprint density at radius 2 is 2.06 bits per heavy atom. The van der Waals surface area contributed by atoms with Gasteiger partial charge in [0.1, 0.15) is 5.82 Å². The number of nitrogens with zero attached hydrogens (tertiary/aromatic N) is 3. The van der Waals surface area contributed by atoms with Crippen LogP contribution in [-0.2, 0) is 6.54 Å². The van der Waals surface area contributed by atoms with E-state index in [1.165, 1.54) is 5.56 Å². The van der Waals surface area contributed by atoms with Gasteiger partial charge >= 0.3 is 0 Å². The molecule has 2 heterocycles. The fourth-order valence-electron chi connectivity index (χ4n) is 2.27. The normalized spacial score (nSPS) is 19.9. The minimum atomic E-state index is 0.238. The molecule has 1 aromatic heterocycles. The Morgan fingerprint density at radius 3 is 2.61 bits per heavy atom. The average Bonchev–Trinajstić information content (AvgIpc) is 2.41. The van der Waals surface area contributed by atoms with Gasteiger partial charge in [0.05, 0.1) is 6.61 Å². The molecule has 1 fully saturated rings. The zero-order valence-electron chi connectivity index (χ0n) is 10.9. The zero-order valence-corrected chi connectivity index (χ0v) is 10.9. The molecule has 2 rings (SSSR count). The smallest absolute Gasteiger partial charge is 0.123 e. The Labute approximate surface area is 108 Å². The molecule has 0 bridgehead atoms. The number of hydrogen-bond acceptors (Lipinski definition) is 5. The molecule has 0 amide bonds. The second-order valence-electron chi connectivity index (χ2n) is 4.94. The van der Waals surface area contributed by atoms with E-state index in [1.807, 2.05) is 18.3 Å². The first-order valence-electron chi connectivity index (χ1n) is 6.46. The van der Waals surface area contributed by atoms with E-state index in [1.54, 1.807) is 0 Å². The van der Waals surface area contributed by atoms with Crippen LogP contribution >= 0.6 is 0 Å². The van der Waals surface area contributed by atoms with E-state index >= 15 is 0 Å². The maximum Gasteiger partial charge on any atom is 0.123 e. The summed E-state index contributed by atoms with van der Waals surface area (Å²) >= 11 is 0. The number of nitrogen functional groups attached to an aromatic ring is 1. The van der Waals surface area contributed by atoms with Gasteiger partial charge in [-0.3, -0.25) is 9.80 Å². The third-order valence-electron chi connectivity index (χ3n) is 3.55. The van der Waals surface area contributed by atoms with Crippen molar-refractivity contribution < 1.29 is 5.11 Å². The van der Waals surface area contributed by atoms with Crippen molar-refractivity contribution in [2.24, 2.45) is 0 Å². The van der Waals surface area contributed by atoms with Crippen LogP contribution in [0.5, 0.6) is 0 Å². The van der Waals surface area contributed by atoms with Gasteiger partial charge in [-0.1, -0.05) is 6.07 Å². The molecular formula is C13H22N4O. The Morgan fingerprint density at radius 1 is 1.33 bits per heavy atom. The van der Waals surface area contributed by atoms with Crippen molar-refractivity contribution in [2.45, 2.75) is 19.5 Å². The molecule has 5 nitrogen and oxygen atoms in total. The molecule has 0 aromatic carbocycles. The third-order valence-corrected chi connectivity index (χ3v) is 3.55. The fraction of sp³-hybridized carbons (Fsp3) is 0.615. The predicted octanol–water partition coefficient (Wildman–Crippen LogP) is 0.162. The quantitative estimate of drug-likeness (QED) is 0.797. The van der Waals surface area contributed by atoms with Crippen LogP contribution in [0.4, 0.5) is 5.82 Å². The second-order valence-corrected chi connectivity index (χ2v) is 4.94. The molecular weight excluding hydrogens is 228 g/mol. The number of anilines is 1. The first-order chi connectivity index (χ1) is 8.69. The minimum absolute atomic E-state index is 0.238. The van der Waals surface area contributed by atoms with Gasteiger partial charge in [0.2, 0.25) is 0 Å². The van der Waals surface area contributed by atoms with Gasteiger partial charge in [-0.25, -0.2) is 4.98 Å². The molecule has 0 saturated carbocycles. The van der Waals surface area contributed by atoms with E-state index in [0.717, 1.165) is 32.7 Å². The summed E-state index contributed by atoms with van der Waals surface area (Å²) in [4.78, 5) is 8.85. The molecule has 0 radical (unpaired) electrons. The highest BCUT2D eigenvalue weighted by atomic mass is 16.3. The van der Waals surface area contributed by atoms with E-state index in [9.17, 15) is 0 Å². The molecule has 18 heavy (non-hydrogen) atoms. The molecule has 1 aromatic rings. The molecule has 1 atom stereocenters. The summed E-state index contributed by atoms with van der Waals surface area (Å²) in [5.74, 6) is 0.570. The Bertz CT molecular complexity index is 360. The van der Waals surface area contributed by atoms with Crippen molar-refractivity contribution in [2.75, 3.05) is 38.5 Å². The van der Waals surface area contributed by atoms with Crippen LogP contribution in [-0.4, -0.2) is 58.7 Å². The SMILES string of the molecule is C[C@@H](CO)N1CCN(Cc2ccc(N)nc2)CC1. The van der Waals surface area contributed by atoms with Crippen molar-refractivity contribution in [1.82, 2.24) is 14.8 Å². The average molecular weight is 250 g/mol. The summed E-state index contributed by atoms with van der Waals surface area (Å²) in [6, 6.07) is 4.15. The van der Waals surface area contributed by atoms with Crippen molar-refractivity contribution in [1.29, 1.82) is 0 Å². The van der Waals surface area contributed by atoms with Gasteiger partial charge in [-0.15, -0.1) is 0 Å². The van der Waals surface area contributed by atoms with Crippen molar-refractivity contribution >= 4 is 5.82 Å². The van der Waals surface area contributed by atoms with Gasteiger partial charge in [0, 0.05) is 45.0 Å². The lowest BCUT2D eigenvalue weighted by molar-refractivity contribution is 0.0702. The first-order valence-corrected chi connectivity index (χ1v) is 6.46. The summed E-state index contributed by atoms with van der Waals surface area (Å²) in [7, 11) is 0. The number of rotatable bonds is 4. The maximum atomic E-state index is 9.14. The predicted molar refractivity (Wildman–Crippen MR) is 72.0 cm³/mol. The summed E-state index contributed by atoms with van der Waals surface area (Å²) in [6.45, 7) is 7.34. The van der Waals surface area contributed by atoms with Crippen molar-refractivity contribution in [3.05, 3.63) is 23.9 Å². The highest BCUT2D eigenvalue weighted by Gasteiger charge is 2.20. The number of aliphatic hydroxyl groups is 1. The molecule has 0 aliphatic carbocycles. The second kappa shape index (κ2) is 6.13. The molecule has 5 heteroatoms. The molecule has 1 aliphatic heterocycles. The number of aliphatic hydroxyl groups excluding tert-OH is 1. The van der Waals surface area contributed by atoms with E-state index in [-0.39, 0.29) is 12.6 Å². The van der Waals surface area contributed by atoms with Crippen LogP contribution in [0.25, 0.3) is 0 Å². The molecule has 0 unspecified atom stereocenters. The number of pyridine rings is 1. The minimum Gasteiger partial charge on any atom is -0.395 e. The summed E-state index contributed by atoms with van der Waals surface area (Å²) in [5.41, 5.74) is 6.77. The monoisotopic (exact) mass is 250 g/mol. The number of hydrogen-bond donors (Lipinski definition) is 2. The summed E-state index contributed by atoms with van der Waals surface area (Å²) in [5, 5.41) is 9.14. The van der Waals surface area contributed by atoms with E-state index in [0.29, 0.717) is 5.82 Å². The lowest BCUT2D eigenvalue weighted by Crippen LogP contribution is -2.50. The maximum absolute atomic E-state index is 9.14. The molecule has 3 N–H and O–H groups in total. The molecule has 1 saturated heterocycles. The number of piperazine rings is 1. The van der Waals surface area contributed by atoms with Gasteiger partial charge in [0.15, 0.2) is 0 Å². The zero-order chi connectivity index (χ0) is 13.0. The highest BCUT2D eigenvalue weighted by Crippen LogP contribution is 2.10. The molecule has 1 aliphatic rings. The lowest BCUT2D eigenvalue weighted by Gasteiger charge is -2.37. The van der Waals surface area contributed by atoms with Crippen molar-refractivity contribution in [3.63, 3.8) is 0 Å². The van der Waals surface area contributed by atoms with E-state index in [4.69, 9.17) is 10.8 Å². The fourth-order valence-corrected chi connectivity index (χ4v) is 2.27. The highest BCUT2D eigenvalue weighted by molar-refractivity contribution is 5.29. The van der Waals surface area contributed by atoms with Gasteiger partial charge in [-0.2, -0.15) is 0 Å². The van der Waals surface area contributed by atoms with Crippen molar-refractivity contribution in [3.8, 4) is 0 Å². The Kier molecular flexibility index (Phi) is 4.52. The van der Waals surface area contributed by atoms with Gasteiger partial charge in [0.25, 0.3) is 0 Å². The van der Waals surface area contributed by atoms with Crippen LogP contribution in [0.15, 0.2) is 18.3 Å². The van der Waals surface area contributed by atoms with Gasteiger partial charge in [-0.05, 0) is 18.6 Å². The first kappa shape index (κ1) is 13.3. The number of aromatic nitrogens is 1. The molecule has 0 spiro atoms. The van der Waals surface area contributed by atoms with Crippen LogP contribution in [0, 0.1) is 0 Å². The largest absolute Gasteiger partial charge is 0.395 e. The third kappa shape index (κ3) is 3.41. The summed E-state index contributed by atoms with van der Waals surface area (Å²) in [6.07, 6.45) is 1.85. The topological polar surface area (TPSA) is 65.6 Å². The van der Waals surface area contributed by atoms with Crippen LogP contribution < -0.4 is 5.73 Å². The van der Waals surface area contributed by atoms with E-state index in [2.05, 4.69) is 21.7 Å². The van der Waals surface area contributed by atoms with E-state index < -0.39 is 0 Å². The van der Waals surface area contributed by atoms with Crippen LogP contribution in [0.1, 0.15) is 12.5 Å². The molecule has 100 valence electrons.